The second-order valence-corrected chi connectivity index (χ2v) is 4.99. The molecule has 0 aromatic carbocycles. The van der Waals surface area contributed by atoms with Crippen molar-refractivity contribution in [2.75, 3.05) is 13.1 Å². The molecule has 0 saturated carbocycles. The van der Waals surface area contributed by atoms with Crippen LogP contribution < -0.4 is 0 Å². The molecule has 0 N–H and O–H groups in total. The molecule has 19 heavy (non-hydrogen) atoms. The fraction of sp³-hybridized carbons (Fsp3) is 0.429. The van der Waals surface area contributed by atoms with Crippen molar-refractivity contribution in [2.45, 2.75) is 26.3 Å². The molecule has 1 amide bonds. The van der Waals surface area contributed by atoms with Gasteiger partial charge in [0, 0.05) is 25.0 Å². The first-order chi connectivity index (χ1) is 9.16. The number of carbonyl (C=O) groups is 1. The Morgan fingerprint density at radius 1 is 1.47 bits per heavy atom. The first kappa shape index (κ1) is 12.0. The summed E-state index contributed by atoms with van der Waals surface area (Å²) in [5, 5.41) is 0. The molecule has 1 fully saturated rings. The summed E-state index contributed by atoms with van der Waals surface area (Å²) in [6.45, 7) is 5.54. The first-order valence-electron chi connectivity index (χ1n) is 6.50. The van der Waals surface area contributed by atoms with E-state index in [1.165, 1.54) is 6.26 Å². The minimum absolute atomic E-state index is 0.0251. The summed E-state index contributed by atoms with van der Waals surface area (Å²) in [6.07, 6.45) is 4.38. The largest absolute Gasteiger partial charge is 0.459 e. The quantitative estimate of drug-likeness (QED) is 0.830. The molecule has 0 spiro atoms. The van der Waals surface area contributed by atoms with E-state index in [4.69, 9.17) is 4.42 Å². The maximum atomic E-state index is 12.2. The predicted molar refractivity (Wildman–Crippen MR) is 70.0 cm³/mol. The molecular weight excluding hydrogens is 242 g/mol. The fourth-order valence-corrected chi connectivity index (χ4v) is 2.81. The average molecular weight is 259 g/mol. The molecule has 2 aromatic rings. The average Bonchev–Trinajstić information content (AvgIpc) is 3.10. The Hall–Kier alpha value is -2.04. The number of hydrogen-bond acceptors (Lipinski definition) is 3. The fourth-order valence-electron chi connectivity index (χ4n) is 2.81. The van der Waals surface area contributed by atoms with Gasteiger partial charge in [-0.25, -0.2) is 4.98 Å². The number of furan rings is 1. The van der Waals surface area contributed by atoms with Gasteiger partial charge in [0.2, 0.25) is 0 Å². The smallest absolute Gasteiger partial charge is 0.289 e. The Bertz CT molecular complexity index is 566. The summed E-state index contributed by atoms with van der Waals surface area (Å²) in [4.78, 5) is 18.4. The third-order valence-corrected chi connectivity index (χ3v) is 3.71. The van der Waals surface area contributed by atoms with Crippen molar-refractivity contribution in [3.8, 4) is 0 Å². The lowest BCUT2D eigenvalue weighted by Gasteiger charge is -2.18. The summed E-state index contributed by atoms with van der Waals surface area (Å²) in [6, 6.07) is 3.77. The molecule has 5 nitrogen and oxygen atoms in total. The molecule has 3 heterocycles. The van der Waals surface area contributed by atoms with Crippen molar-refractivity contribution in [1.29, 1.82) is 0 Å². The zero-order valence-electron chi connectivity index (χ0n) is 11.2. The Kier molecular flexibility index (Phi) is 2.89. The van der Waals surface area contributed by atoms with Crippen molar-refractivity contribution in [2.24, 2.45) is 0 Å². The number of aryl methyl sites for hydroxylation is 2. The van der Waals surface area contributed by atoms with Crippen LogP contribution in [-0.2, 0) is 0 Å². The second kappa shape index (κ2) is 4.57. The maximum absolute atomic E-state index is 12.2. The van der Waals surface area contributed by atoms with Crippen LogP contribution in [0.2, 0.25) is 0 Å². The van der Waals surface area contributed by atoms with E-state index in [2.05, 4.69) is 16.5 Å². The molecule has 1 aliphatic heterocycles. The van der Waals surface area contributed by atoms with Gasteiger partial charge in [-0.2, -0.15) is 0 Å². The van der Waals surface area contributed by atoms with Gasteiger partial charge in [-0.3, -0.25) is 4.79 Å². The van der Waals surface area contributed by atoms with Crippen LogP contribution in [0, 0.1) is 13.8 Å². The van der Waals surface area contributed by atoms with Gasteiger partial charge >= 0.3 is 0 Å². The van der Waals surface area contributed by atoms with Gasteiger partial charge in [-0.1, -0.05) is 0 Å². The SMILES string of the molecule is Cc1cnc(C)n1C1CCN(C(=O)c2ccco2)C1. The Balaban J connectivity index is 1.76. The van der Waals surface area contributed by atoms with Crippen LogP contribution in [-0.4, -0.2) is 33.4 Å². The number of rotatable bonds is 2. The second-order valence-electron chi connectivity index (χ2n) is 4.99. The molecule has 2 aromatic heterocycles. The lowest BCUT2D eigenvalue weighted by molar-refractivity contribution is 0.0756. The number of hydrogen-bond donors (Lipinski definition) is 0. The molecule has 0 radical (unpaired) electrons. The third-order valence-electron chi connectivity index (χ3n) is 3.71. The molecule has 100 valence electrons. The highest BCUT2D eigenvalue weighted by atomic mass is 16.3. The summed E-state index contributed by atoms with van der Waals surface area (Å²) >= 11 is 0. The van der Waals surface area contributed by atoms with E-state index in [1.807, 2.05) is 18.0 Å². The number of amides is 1. The van der Waals surface area contributed by atoms with Gasteiger partial charge in [0.25, 0.3) is 5.91 Å². The summed E-state index contributed by atoms with van der Waals surface area (Å²) in [7, 11) is 0. The number of carbonyl (C=O) groups excluding carboxylic acids is 1. The highest BCUT2D eigenvalue weighted by molar-refractivity contribution is 5.91. The predicted octanol–water partition coefficient (Wildman–Crippen LogP) is 2.18. The molecule has 1 unspecified atom stereocenters. The Labute approximate surface area is 111 Å². The summed E-state index contributed by atoms with van der Waals surface area (Å²) < 4.78 is 7.39. The van der Waals surface area contributed by atoms with Crippen LogP contribution >= 0.6 is 0 Å². The first-order valence-corrected chi connectivity index (χ1v) is 6.50. The standard InChI is InChI=1S/C14H17N3O2/c1-10-8-15-11(2)17(10)12-5-6-16(9-12)14(18)13-4-3-7-19-13/h3-4,7-8,12H,5-6,9H2,1-2H3. The van der Waals surface area contributed by atoms with E-state index in [9.17, 15) is 4.79 Å². The third kappa shape index (κ3) is 2.05. The molecular formula is C14H17N3O2. The van der Waals surface area contributed by atoms with Crippen molar-refractivity contribution in [1.82, 2.24) is 14.5 Å². The van der Waals surface area contributed by atoms with Crippen molar-refractivity contribution in [3.05, 3.63) is 41.9 Å². The highest BCUT2D eigenvalue weighted by Crippen LogP contribution is 2.25. The normalized spacial score (nSPS) is 19.1. The molecule has 1 aliphatic rings. The maximum Gasteiger partial charge on any atom is 0.289 e. The van der Waals surface area contributed by atoms with Gasteiger partial charge in [-0.05, 0) is 32.4 Å². The van der Waals surface area contributed by atoms with Gasteiger partial charge in [0.05, 0.1) is 12.3 Å². The monoisotopic (exact) mass is 259 g/mol. The van der Waals surface area contributed by atoms with Gasteiger partial charge in [0.15, 0.2) is 5.76 Å². The van der Waals surface area contributed by atoms with E-state index in [0.29, 0.717) is 11.8 Å². The van der Waals surface area contributed by atoms with Gasteiger partial charge in [-0.15, -0.1) is 0 Å². The van der Waals surface area contributed by atoms with E-state index in [1.54, 1.807) is 12.1 Å². The Morgan fingerprint density at radius 3 is 2.95 bits per heavy atom. The molecule has 0 aliphatic carbocycles. The summed E-state index contributed by atoms with van der Waals surface area (Å²) in [5.41, 5.74) is 1.15. The number of imidazole rings is 1. The zero-order valence-corrected chi connectivity index (χ0v) is 11.2. The zero-order chi connectivity index (χ0) is 13.4. The van der Waals surface area contributed by atoms with Crippen molar-refractivity contribution >= 4 is 5.91 Å². The molecule has 1 saturated heterocycles. The van der Waals surface area contributed by atoms with Crippen LogP contribution in [0.25, 0.3) is 0 Å². The van der Waals surface area contributed by atoms with E-state index in [0.717, 1.165) is 31.0 Å². The van der Waals surface area contributed by atoms with E-state index < -0.39 is 0 Å². The van der Waals surface area contributed by atoms with Crippen LogP contribution in [0.3, 0.4) is 0 Å². The van der Waals surface area contributed by atoms with E-state index in [-0.39, 0.29) is 5.91 Å². The minimum atomic E-state index is -0.0251. The summed E-state index contributed by atoms with van der Waals surface area (Å²) in [5.74, 6) is 1.40. The van der Waals surface area contributed by atoms with Crippen LogP contribution in [0.5, 0.6) is 0 Å². The van der Waals surface area contributed by atoms with Crippen molar-refractivity contribution < 1.29 is 9.21 Å². The van der Waals surface area contributed by atoms with Crippen LogP contribution in [0.15, 0.2) is 29.0 Å². The van der Waals surface area contributed by atoms with Crippen LogP contribution in [0.4, 0.5) is 0 Å². The number of aromatic nitrogens is 2. The Morgan fingerprint density at radius 2 is 2.32 bits per heavy atom. The molecule has 5 heteroatoms. The lowest BCUT2D eigenvalue weighted by atomic mass is 10.2. The lowest BCUT2D eigenvalue weighted by Crippen LogP contribution is -2.29. The molecule has 3 rings (SSSR count). The number of likely N-dealkylation sites (tertiary alicyclic amines) is 1. The molecule has 0 bridgehead atoms. The van der Waals surface area contributed by atoms with Gasteiger partial charge in [0.1, 0.15) is 5.82 Å². The minimum Gasteiger partial charge on any atom is -0.459 e. The van der Waals surface area contributed by atoms with E-state index >= 15 is 0 Å². The van der Waals surface area contributed by atoms with Gasteiger partial charge < -0.3 is 13.9 Å². The van der Waals surface area contributed by atoms with Crippen LogP contribution in [0.1, 0.15) is 34.5 Å². The highest BCUT2D eigenvalue weighted by Gasteiger charge is 2.30. The van der Waals surface area contributed by atoms with Crippen molar-refractivity contribution in [3.63, 3.8) is 0 Å². The topological polar surface area (TPSA) is 51.3 Å². The molecule has 1 atom stereocenters. The number of nitrogens with zero attached hydrogens (tertiary/aromatic N) is 3.